The summed E-state index contributed by atoms with van der Waals surface area (Å²) in [6.45, 7) is 1.61. The van der Waals surface area contributed by atoms with Crippen molar-refractivity contribution in [2.75, 3.05) is 14.1 Å². The summed E-state index contributed by atoms with van der Waals surface area (Å²) in [7, 11) is 3.38. The van der Waals surface area contributed by atoms with E-state index in [-0.39, 0.29) is 22.2 Å². The molecule has 3 aromatic carbocycles. The molecule has 0 radical (unpaired) electrons. The maximum Gasteiger partial charge on any atom is 0.276 e. The number of halogens is 2. The average Bonchev–Trinajstić information content (AvgIpc) is 2.87. The van der Waals surface area contributed by atoms with Crippen LogP contribution in [0.3, 0.4) is 0 Å². The maximum atomic E-state index is 11.2. The molecule has 0 saturated heterocycles. The number of nitro groups is 3. The molecule has 196 valence electrons. The third-order valence-corrected chi connectivity index (χ3v) is 5.24. The molecule has 0 aliphatic rings. The quantitative estimate of drug-likeness (QED) is 0.199. The van der Waals surface area contributed by atoms with Crippen LogP contribution in [0.4, 0.5) is 11.4 Å². The van der Waals surface area contributed by atoms with Gasteiger partial charge >= 0.3 is 0 Å². The smallest absolute Gasteiger partial charge is 0.276 e. The molecule has 0 aliphatic heterocycles. The zero-order valence-corrected chi connectivity index (χ0v) is 21.6. The van der Waals surface area contributed by atoms with Crippen LogP contribution in [0, 0.1) is 30.3 Å². The summed E-state index contributed by atoms with van der Waals surface area (Å²) >= 11 is 11.7. The van der Waals surface area contributed by atoms with Crippen molar-refractivity contribution >= 4 is 41.0 Å². The van der Waals surface area contributed by atoms with Crippen molar-refractivity contribution < 1.29 is 19.6 Å². The van der Waals surface area contributed by atoms with Crippen LogP contribution in [0.25, 0.3) is 0 Å². The van der Waals surface area contributed by atoms with Crippen LogP contribution < -0.4 is 0 Å². The number of non-ortho nitro benzene ring substituents is 2. The van der Waals surface area contributed by atoms with E-state index in [1.807, 2.05) is 24.3 Å². The lowest BCUT2D eigenvalue weighted by Crippen LogP contribution is -2.25. The number of amides is 1. The molecular weight excluding hydrogens is 527 g/mol. The molecule has 0 heterocycles. The van der Waals surface area contributed by atoms with E-state index in [4.69, 9.17) is 23.2 Å². The lowest BCUT2D eigenvalue weighted by Gasteiger charge is -2.19. The SMILES string of the molecule is CC(C(c1ccc(Cl)cc1)c1ccc(Cl)cc1)[N+](=O)[O-].CN(C)C=O.O=[N+]([O-])c1cccc([N+](=O)[O-])c1. The molecule has 0 fully saturated rings. The lowest BCUT2D eigenvalue weighted by molar-refractivity contribution is -0.520. The Morgan fingerprint density at radius 3 is 1.38 bits per heavy atom. The molecule has 1 amide bonds. The number of nitro benzene ring substituents is 2. The van der Waals surface area contributed by atoms with E-state index in [1.165, 1.54) is 23.1 Å². The summed E-state index contributed by atoms with van der Waals surface area (Å²) in [5.74, 6) is -0.334. The van der Waals surface area contributed by atoms with Crippen LogP contribution in [-0.4, -0.2) is 46.2 Å². The van der Waals surface area contributed by atoms with Gasteiger partial charge in [-0.3, -0.25) is 35.1 Å². The number of carbonyl (C=O) groups excluding carboxylic acids is 1. The average molecular weight is 551 g/mol. The summed E-state index contributed by atoms with van der Waals surface area (Å²) in [6.07, 6.45) is 0.750. The molecule has 37 heavy (non-hydrogen) atoms. The second-order valence-corrected chi connectivity index (χ2v) is 8.58. The second kappa shape index (κ2) is 15.1. The Hall–Kier alpha value is -4.09. The predicted octanol–water partition coefficient (Wildman–Crippen LogP) is 6.00. The second-order valence-electron chi connectivity index (χ2n) is 7.71. The Kier molecular flexibility index (Phi) is 12.6. The third-order valence-electron chi connectivity index (χ3n) is 4.74. The van der Waals surface area contributed by atoms with Gasteiger partial charge in [0.2, 0.25) is 12.5 Å². The fourth-order valence-electron chi connectivity index (χ4n) is 2.93. The van der Waals surface area contributed by atoms with Crippen molar-refractivity contribution in [1.82, 2.24) is 4.90 Å². The first kappa shape index (κ1) is 30.9. The molecule has 0 aromatic heterocycles. The van der Waals surface area contributed by atoms with Crippen molar-refractivity contribution in [3.63, 3.8) is 0 Å². The van der Waals surface area contributed by atoms with Crippen LogP contribution in [-0.2, 0) is 4.79 Å². The van der Waals surface area contributed by atoms with Gasteiger partial charge in [-0.15, -0.1) is 0 Å². The topological polar surface area (TPSA) is 150 Å². The van der Waals surface area contributed by atoms with E-state index in [0.717, 1.165) is 23.6 Å². The van der Waals surface area contributed by atoms with Gasteiger partial charge < -0.3 is 4.90 Å². The van der Waals surface area contributed by atoms with Crippen molar-refractivity contribution in [2.45, 2.75) is 18.9 Å². The van der Waals surface area contributed by atoms with Crippen molar-refractivity contribution in [3.05, 3.63) is 124 Å². The Bertz CT molecular complexity index is 1130. The van der Waals surface area contributed by atoms with Gasteiger partial charge in [0, 0.05) is 48.1 Å². The Labute approximate surface area is 222 Å². The molecule has 3 rings (SSSR count). The minimum absolute atomic E-state index is 0.270. The zero-order chi connectivity index (χ0) is 28.1. The summed E-state index contributed by atoms with van der Waals surface area (Å²) in [6, 6.07) is 18.1. The minimum Gasteiger partial charge on any atom is -0.351 e. The molecule has 0 spiro atoms. The van der Waals surface area contributed by atoms with Gasteiger partial charge in [-0.25, -0.2) is 0 Å². The van der Waals surface area contributed by atoms with Gasteiger partial charge in [-0.2, -0.15) is 0 Å². The summed E-state index contributed by atoms with van der Waals surface area (Å²) < 4.78 is 0. The highest BCUT2D eigenvalue weighted by Gasteiger charge is 2.29. The molecule has 13 heteroatoms. The molecule has 0 aliphatic carbocycles. The van der Waals surface area contributed by atoms with E-state index >= 15 is 0 Å². The largest absolute Gasteiger partial charge is 0.351 e. The van der Waals surface area contributed by atoms with Crippen LogP contribution in [0.15, 0.2) is 72.8 Å². The number of hydrogen-bond acceptors (Lipinski definition) is 7. The monoisotopic (exact) mass is 550 g/mol. The van der Waals surface area contributed by atoms with Crippen molar-refractivity contribution in [3.8, 4) is 0 Å². The van der Waals surface area contributed by atoms with E-state index in [9.17, 15) is 35.1 Å². The summed E-state index contributed by atoms with van der Waals surface area (Å²) in [5, 5.41) is 32.7. The Morgan fingerprint density at radius 2 is 1.11 bits per heavy atom. The first-order valence-corrected chi connectivity index (χ1v) is 11.3. The van der Waals surface area contributed by atoms with Gasteiger partial charge in [0.15, 0.2) is 0 Å². The summed E-state index contributed by atoms with van der Waals surface area (Å²) in [4.78, 5) is 40.7. The molecule has 1 atom stereocenters. The van der Waals surface area contributed by atoms with Crippen LogP contribution in [0.1, 0.15) is 24.0 Å². The van der Waals surface area contributed by atoms with Crippen molar-refractivity contribution in [1.29, 1.82) is 0 Å². The van der Waals surface area contributed by atoms with Crippen LogP contribution in [0.5, 0.6) is 0 Å². The highest BCUT2D eigenvalue weighted by atomic mass is 35.5. The first-order chi connectivity index (χ1) is 17.4. The predicted molar refractivity (Wildman–Crippen MR) is 141 cm³/mol. The minimum atomic E-state index is -0.739. The number of hydrogen-bond donors (Lipinski definition) is 0. The van der Waals surface area contributed by atoms with Gasteiger partial charge in [0.05, 0.1) is 21.8 Å². The van der Waals surface area contributed by atoms with Crippen LogP contribution >= 0.6 is 23.2 Å². The normalized spacial score (nSPS) is 10.6. The zero-order valence-electron chi connectivity index (χ0n) is 20.1. The molecule has 3 aromatic rings. The lowest BCUT2D eigenvalue weighted by atomic mass is 9.86. The first-order valence-electron chi connectivity index (χ1n) is 10.5. The standard InChI is InChI=1S/C15H13Cl2NO2.C6H4N2O4.C3H7NO/c1-10(18(19)20)15(11-2-6-13(16)7-3-11)12-4-8-14(17)9-5-12;9-7(10)5-2-1-3-6(4-5)8(11)12;1-4(2)3-5/h2-10,15H,1H3;1-4H;3H,1-2H3. The van der Waals surface area contributed by atoms with Gasteiger partial charge in [-0.05, 0) is 41.5 Å². The van der Waals surface area contributed by atoms with Gasteiger partial charge in [0.1, 0.15) is 0 Å². The number of rotatable bonds is 7. The Morgan fingerprint density at radius 1 is 0.757 bits per heavy atom. The van der Waals surface area contributed by atoms with E-state index in [1.54, 1.807) is 45.3 Å². The highest BCUT2D eigenvalue weighted by molar-refractivity contribution is 6.30. The van der Waals surface area contributed by atoms with Crippen LogP contribution in [0.2, 0.25) is 10.0 Å². The number of benzene rings is 3. The third kappa shape index (κ3) is 10.6. The summed E-state index contributed by atoms with van der Waals surface area (Å²) in [5.41, 5.74) is 1.18. The molecule has 0 bridgehead atoms. The molecule has 1 unspecified atom stereocenters. The molecule has 0 N–H and O–H groups in total. The van der Waals surface area contributed by atoms with E-state index in [2.05, 4.69) is 0 Å². The fourth-order valence-corrected chi connectivity index (χ4v) is 3.18. The van der Waals surface area contributed by atoms with Gasteiger partial charge in [-0.1, -0.05) is 47.5 Å². The maximum absolute atomic E-state index is 11.2. The molecule has 0 saturated carbocycles. The van der Waals surface area contributed by atoms with Crippen molar-refractivity contribution in [2.24, 2.45) is 0 Å². The molecule has 11 nitrogen and oxygen atoms in total. The number of nitrogens with zero attached hydrogens (tertiary/aromatic N) is 4. The highest BCUT2D eigenvalue weighted by Crippen LogP contribution is 2.31. The van der Waals surface area contributed by atoms with E-state index < -0.39 is 15.9 Å². The number of carbonyl (C=O) groups is 1. The Balaban J connectivity index is 0.000000340. The van der Waals surface area contributed by atoms with E-state index in [0.29, 0.717) is 10.0 Å². The fraction of sp³-hybridized carbons (Fsp3) is 0.208. The molecular formula is C24H24Cl2N4O7. The van der Waals surface area contributed by atoms with Gasteiger partial charge in [0.25, 0.3) is 11.4 Å².